The molecule has 0 aliphatic carbocycles. The van der Waals surface area contributed by atoms with Gasteiger partial charge in [0.05, 0.1) is 0 Å². The molecule has 0 spiro atoms. The Hall–Kier alpha value is -1.42. The normalized spacial score (nSPS) is 11.3. The first-order valence-electron chi connectivity index (χ1n) is 5.09. The molecule has 3 N–H and O–H groups in total. The molecular weight excluding hydrogens is 220 g/mol. The van der Waals surface area contributed by atoms with Gasteiger partial charge in [0.2, 0.25) is 5.91 Å². The van der Waals surface area contributed by atoms with E-state index in [9.17, 15) is 4.79 Å². The highest BCUT2D eigenvalue weighted by Gasteiger charge is 2.05. The average Bonchev–Trinajstić information content (AvgIpc) is 2.27. The summed E-state index contributed by atoms with van der Waals surface area (Å²) in [4.78, 5) is 11.1. The van der Waals surface area contributed by atoms with Gasteiger partial charge in [-0.2, -0.15) is 0 Å². The zero-order chi connectivity index (χ0) is 12.1. The zero-order valence-corrected chi connectivity index (χ0v) is 10.3. The van der Waals surface area contributed by atoms with Crippen molar-refractivity contribution in [1.29, 1.82) is 0 Å². The van der Waals surface area contributed by atoms with Gasteiger partial charge < -0.3 is 11.1 Å². The van der Waals surface area contributed by atoms with Gasteiger partial charge >= 0.3 is 0 Å². The lowest BCUT2D eigenvalue weighted by atomic mass is 10.1. The molecule has 0 aliphatic heterocycles. The minimum atomic E-state index is -0.0831. The maximum absolute atomic E-state index is 11.1. The number of aryl methyl sites for hydroxylation is 1. The fraction of sp³-hybridized carbons (Fsp3) is 0.250. The molecule has 0 radical (unpaired) electrons. The second kappa shape index (κ2) is 5.61. The lowest BCUT2D eigenvalue weighted by molar-refractivity contribution is -0.114. The van der Waals surface area contributed by atoms with Crippen LogP contribution in [0.4, 0.5) is 5.69 Å². The van der Waals surface area contributed by atoms with Crippen LogP contribution in [0.2, 0.25) is 0 Å². The van der Waals surface area contributed by atoms with E-state index in [-0.39, 0.29) is 5.91 Å². The first-order valence-corrected chi connectivity index (χ1v) is 5.60. The van der Waals surface area contributed by atoms with Crippen LogP contribution in [0, 0.1) is 0 Å². The van der Waals surface area contributed by atoms with Crippen LogP contribution in [0.1, 0.15) is 25.0 Å². The SMILES string of the molecule is CCc1ccc(/C(N)=C/S)cc1NC(C)=O. The number of nitrogens with one attached hydrogen (secondary N) is 1. The Morgan fingerprint density at radius 2 is 2.25 bits per heavy atom. The molecule has 0 aliphatic rings. The van der Waals surface area contributed by atoms with Gasteiger partial charge in [0.15, 0.2) is 0 Å². The summed E-state index contributed by atoms with van der Waals surface area (Å²) in [7, 11) is 0. The zero-order valence-electron chi connectivity index (χ0n) is 9.45. The van der Waals surface area contributed by atoms with Crippen LogP contribution in [0.25, 0.3) is 5.70 Å². The largest absolute Gasteiger partial charge is 0.398 e. The second-order valence-corrected chi connectivity index (χ2v) is 3.75. The summed E-state index contributed by atoms with van der Waals surface area (Å²) in [6.45, 7) is 3.53. The number of amides is 1. The molecule has 0 saturated carbocycles. The van der Waals surface area contributed by atoms with Crippen LogP contribution >= 0.6 is 12.6 Å². The Kier molecular flexibility index (Phi) is 4.43. The van der Waals surface area contributed by atoms with Crippen LogP contribution in [0.5, 0.6) is 0 Å². The molecule has 3 nitrogen and oxygen atoms in total. The van der Waals surface area contributed by atoms with Crippen molar-refractivity contribution in [2.45, 2.75) is 20.3 Å². The topological polar surface area (TPSA) is 55.1 Å². The van der Waals surface area contributed by atoms with Gasteiger partial charge in [0, 0.05) is 18.3 Å². The molecular formula is C12H16N2OS. The van der Waals surface area contributed by atoms with Gasteiger partial charge in [-0.1, -0.05) is 19.1 Å². The number of nitrogens with two attached hydrogens (primary N) is 1. The molecule has 1 amide bonds. The summed E-state index contributed by atoms with van der Waals surface area (Å²) in [6, 6.07) is 5.75. The summed E-state index contributed by atoms with van der Waals surface area (Å²) in [5.74, 6) is -0.0831. The van der Waals surface area contributed by atoms with Gasteiger partial charge in [-0.05, 0) is 29.0 Å². The predicted molar refractivity (Wildman–Crippen MR) is 71.3 cm³/mol. The molecule has 0 atom stereocenters. The van der Waals surface area contributed by atoms with E-state index < -0.39 is 0 Å². The van der Waals surface area contributed by atoms with Crippen LogP contribution in [-0.4, -0.2) is 5.91 Å². The fourth-order valence-corrected chi connectivity index (χ4v) is 1.59. The van der Waals surface area contributed by atoms with Crippen molar-refractivity contribution >= 4 is 29.9 Å². The Labute approximate surface area is 101 Å². The van der Waals surface area contributed by atoms with Crippen molar-refractivity contribution in [1.82, 2.24) is 0 Å². The van der Waals surface area contributed by atoms with Gasteiger partial charge in [0.1, 0.15) is 0 Å². The summed E-state index contributed by atoms with van der Waals surface area (Å²) in [5, 5.41) is 4.34. The van der Waals surface area contributed by atoms with E-state index >= 15 is 0 Å². The number of rotatable bonds is 3. The van der Waals surface area contributed by atoms with E-state index in [4.69, 9.17) is 5.73 Å². The minimum Gasteiger partial charge on any atom is -0.398 e. The van der Waals surface area contributed by atoms with Crippen molar-refractivity contribution in [3.63, 3.8) is 0 Å². The number of carbonyl (C=O) groups is 1. The van der Waals surface area contributed by atoms with Crippen LogP contribution in [0.3, 0.4) is 0 Å². The number of hydrogen-bond donors (Lipinski definition) is 3. The van der Waals surface area contributed by atoms with E-state index in [1.54, 1.807) is 5.41 Å². The summed E-state index contributed by atoms with van der Waals surface area (Å²) in [5.41, 5.74) is 9.10. The van der Waals surface area contributed by atoms with E-state index in [0.29, 0.717) is 5.70 Å². The number of thiol groups is 1. The first-order chi connectivity index (χ1) is 7.58. The standard InChI is InChI=1S/C12H16N2OS/c1-3-9-4-5-10(11(13)7-16)6-12(9)14-8(2)15/h4-7,16H,3,13H2,1-2H3,(H,14,15)/b11-7-. The first kappa shape index (κ1) is 12.6. The summed E-state index contributed by atoms with van der Waals surface area (Å²) < 4.78 is 0. The van der Waals surface area contributed by atoms with Crippen LogP contribution in [0.15, 0.2) is 23.6 Å². The van der Waals surface area contributed by atoms with Gasteiger partial charge in [-0.3, -0.25) is 4.79 Å². The lowest BCUT2D eigenvalue weighted by Gasteiger charge is -2.10. The predicted octanol–water partition coefficient (Wildman–Crippen LogP) is 2.39. The molecule has 4 heteroatoms. The fourth-order valence-electron chi connectivity index (χ4n) is 1.44. The van der Waals surface area contributed by atoms with Crippen LogP contribution < -0.4 is 11.1 Å². The smallest absolute Gasteiger partial charge is 0.221 e. The third-order valence-corrected chi connectivity index (χ3v) is 2.55. The molecule has 0 bridgehead atoms. The Morgan fingerprint density at radius 1 is 1.56 bits per heavy atom. The molecule has 0 heterocycles. The Bertz CT molecular complexity index is 427. The third kappa shape index (κ3) is 3.03. The van der Waals surface area contributed by atoms with Gasteiger partial charge in [-0.15, -0.1) is 12.6 Å². The Morgan fingerprint density at radius 3 is 2.75 bits per heavy atom. The highest BCUT2D eigenvalue weighted by atomic mass is 32.1. The quantitative estimate of drug-likeness (QED) is 0.706. The second-order valence-electron chi connectivity index (χ2n) is 3.49. The minimum absolute atomic E-state index is 0.0831. The van der Waals surface area contributed by atoms with Gasteiger partial charge in [0.25, 0.3) is 0 Å². The molecule has 86 valence electrons. The van der Waals surface area contributed by atoms with Crippen LogP contribution in [-0.2, 0) is 11.2 Å². The number of hydrogen-bond acceptors (Lipinski definition) is 3. The molecule has 0 unspecified atom stereocenters. The van der Waals surface area contributed by atoms with E-state index in [2.05, 4.69) is 17.9 Å². The molecule has 1 aromatic carbocycles. The molecule has 1 rings (SSSR count). The highest BCUT2D eigenvalue weighted by molar-refractivity contribution is 7.83. The monoisotopic (exact) mass is 236 g/mol. The van der Waals surface area contributed by atoms with E-state index in [1.165, 1.54) is 6.92 Å². The van der Waals surface area contributed by atoms with Crippen molar-refractivity contribution in [3.8, 4) is 0 Å². The van der Waals surface area contributed by atoms with Crippen molar-refractivity contribution < 1.29 is 4.79 Å². The molecule has 1 aromatic rings. The summed E-state index contributed by atoms with van der Waals surface area (Å²) in [6.07, 6.45) is 0.861. The lowest BCUT2D eigenvalue weighted by Crippen LogP contribution is -2.09. The van der Waals surface area contributed by atoms with Crippen molar-refractivity contribution in [3.05, 3.63) is 34.7 Å². The highest BCUT2D eigenvalue weighted by Crippen LogP contribution is 2.21. The average molecular weight is 236 g/mol. The molecule has 0 fully saturated rings. The maximum atomic E-state index is 11.1. The Balaban J connectivity index is 3.15. The third-order valence-electron chi connectivity index (χ3n) is 2.27. The molecule has 0 saturated heterocycles. The van der Waals surface area contributed by atoms with E-state index in [0.717, 1.165) is 23.2 Å². The number of carbonyl (C=O) groups excluding carboxylic acids is 1. The maximum Gasteiger partial charge on any atom is 0.221 e. The number of benzene rings is 1. The van der Waals surface area contributed by atoms with E-state index in [1.807, 2.05) is 25.1 Å². The molecule has 16 heavy (non-hydrogen) atoms. The summed E-state index contributed by atoms with van der Waals surface area (Å²) >= 11 is 4.01. The van der Waals surface area contributed by atoms with Crippen molar-refractivity contribution in [2.24, 2.45) is 5.73 Å². The molecule has 0 aromatic heterocycles. The number of anilines is 1. The van der Waals surface area contributed by atoms with Gasteiger partial charge in [-0.25, -0.2) is 0 Å². The van der Waals surface area contributed by atoms with Crippen molar-refractivity contribution in [2.75, 3.05) is 5.32 Å².